The van der Waals surface area contributed by atoms with Crippen LogP contribution >= 0.6 is 23.2 Å². The average Bonchev–Trinajstić information content (AvgIpc) is 4.20. The number of rotatable bonds is 14. The molecule has 0 bridgehead atoms. The molecule has 0 atom stereocenters. The molecule has 4 aliphatic rings. The quantitative estimate of drug-likeness (QED) is 0.0889. The second kappa shape index (κ2) is 18.1. The summed E-state index contributed by atoms with van der Waals surface area (Å²) >= 11 is 12.6. The van der Waals surface area contributed by atoms with E-state index >= 15 is 4.79 Å². The maximum atomic E-state index is 15.4. The summed E-state index contributed by atoms with van der Waals surface area (Å²) in [5.74, 6) is -0.0363. The molecule has 13 nitrogen and oxygen atoms in total. The molecule has 66 heavy (non-hydrogen) atoms. The number of benzene rings is 2. The fourth-order valence-electron chi connectivity index (χ4n) is 7.79. The van der Waals surface area contributed by atoms with Gasteiger partial charge in [0, 0.05) is 77.3 Å². The number of carbonyl (C=O) groups is 1. The van der Waals surface area contributed by atoms with Crippen LogP contribution in [0.3, 0.4) is 0 Å². The molecular formula is C43H44Cl2F6N6O7S2. The molecule has 0 N–H and O–H groups in total. The number of carbonyl (C=O) groups excluding carboxylic acids is 1. The van der Waals surface area contributed by atoms with Crippen LogP contribution in [0.2, 0.25) is 10.0 Å². The number of sulfone groups is 2. The second-order valence-electron chi connectivity index (χ2n) is 17.0. The van der Waals surface area contributed by atoms with Crippen molar-refractivity contribution in [3.8, 4) is 11.5 Å². The van der Waals surface area contributed by atoms with Crippen molar-refractivity contribution in [2.75, 3.05) is 97.7 Å². The van der Waals surface area contributed by atoms with Gasteiger partial charge in [-0.15, -0.1) is 0 Å². The van der Waals surface area contributed by atoms with Gasteiger partial charge in [-0.05, 0) is 73.9 Å². The van der Waals surface area contributed by atoms with Gasteiger partial charge in [0.25, 0.3) is 0 Å². The molecule has 2 aliphatic heterocycles. The van der Waals surface area contributed by atoms with Crippen LogP contribution in [0.5, 0.6) is 11.5 Å². The third-order valence-corrected chi connectivity index (χ3v) is 14.6. The van der Waals surface area contributed by atoms with Crippen molar-refractivity contribution in [3.05, 3.63) is 81.1 Å². The van der Waals surface area contributed by atoms with Gasteiger partial charge in [-0.2, -0.15) is 26.3 Å². The fourth-order valence-corrected chi connectivity index (χ4v) is 9.67. The van der Waals surface area contributed by atoms with Gasteiger partial charge < -0.3 is 29.1 Å². The number of ether oxygens (including phenoxy) is 2. The van der Waals surface area contributed by atoms with Crippen LogP contribution in [0.15, 0.2) is 58.6 Å². The molecular weight excluding hydrogens is 962 g/mol. The summed E-state index contributed by atoms with van der Waals surface area (Å²) in [7, 11) is -8.02. The van der Waals surface area contributed by atoms with Crippen molar-refractivity contribution in [2.24, 2.45) is 11.8 Å². The highest BCUT2D eigenvalue weighted by Crippen LogP contribution is 2.45. The van der Waals surface area contributed by atoms with Crippen molar-refractivity contribution in [1.82, 2.24) is 9.97 Å². The zero-order valence-corrected chi connectivity index (χ0v) is 38.7. The lowest BCUT2D eigenvalue weighted by Gasteiger charge is -2.38. The number of alkyl halides is 6. The number of piperazine rings is 2. The molecule has 0 amide bonds. The monoisotopic (exact) mass is 1000 g/mol. The van der Waals surface area contributed by atoms with Crippen molar-refractivity contribution in [2.45, 2.75) is 47.8 Å². The van der Waals surface area contributed by atoms with Crippen molar-refractivity contribution >= 4 is 71.7 Å². The molecule has 356 valence electrons. The lowest BCUT2D eigenvalue weighted by Crippen LogP contribution is -2.47. The number of aromatic nitrogens is 2. The Balaban J connectivity index is 1.18. The van der Waals surface area contributed by atoms with E-state index in [2.05, 4.69) is 9.97 Å². The Hall–Kier alpha value is -4.73. The first-order valence-corrected chi connectivity index (χ1v) is 25.5. The van der Waals surface area contributed by atoms with Crippen LogP contribution in [-0.4, -0.2) is 111 Å². The van der Waals surface area contributed by atoms with Crippen LogP contribution in [0, 0.1) is 11.8 Å². The van der Waals surface area contributed by atoms with Gasteiger partial charge in [-0.3, -0.25) is 4.79 Å². The summed E-state index contributed by atoms with van der Waals surface area (Å²) in [6.45, 7) is 1.89. The van der Waals surface area contributed by atoms with Crippen LogP contribution in [0.1, 0.15) is 52.7 Å². The fraction of sp³-hybridized carbons (Fsp3) is 0.465. The molecule has 8 rings (SSSR count). The normalized spacial score (nSPS) is 17.6. The van der Waals surface area contributed by atoms with Crippen LogP contribution in [0.25, 0.3) is 0 Å². The highest BCUT2D eigenvalue weighted by molar-refractivity contribution is 7.91. The number of ketones is 1. The number of hydrogen-bond acceptors (Lipinski definition) is 13. The third kappa shape index (κ3) is 10.7. The Morgan fingerprint density at radius 1 is 0.591 bits per heavy atom. The zero-order chi connectivity index (χ0) is 47.5. The molecule has 23 heteroatoms. The number of hydrogen-bond donors (Lipinski definition) is 0. The first-order valence-electron chi connectivity index (χ1n) is 21.0. The molecule has 2 saturated carbocycles. The molecule has 4 aromatic rings. The first-order chi connectivity index (χ1) is 31.0. The molecule has 2 aliphatic carbocycles. The number of anilines is 4. The SMILES string of the molecule is CS(=O)(=O)c1cc(C(=O)c2cc(S(C)(=O)=O)cc(N3CCN(c4ncc(C(F)(F)F)cc4Cl)CC3)c2OCC2CC2)c(OCC2CC2)c(N2CCN(c3ncc(C(F)(F)F)cc3Cl)CC2)c1. The minimum atomic E-state index is -4.65. The predicted molar refractivity (Wildman–Crippen MR) is 236 cm³/mol. The Kier molecular flexibility index (Phi) is 13.1. The molecule has 2 aromatic carbocycles. The van der Waals surface area contributed by atoms with E-state index in [1.165, 1.54) is 24.3 Å². The molecule has 0 spiro atoms. The highest BCUT2D eigenvalue weighted by Gasteiger charge is 2.37. The summed E-state index contributed by atoms with van der Waals surface area (Å²) < 4.78 is 147. The van der Waals surface area contributed by atoms with E-state index in [4.69, 9.17) is 32.7 Å². The minimum absolute atomic E-state index is 0.0624. The second-order valence-corrected chi connectivity index (χ2v) is 21.9. The molecule has 2 saturated heterocycles. The molecule has 4 fully saturated rings. The van der Waals surface area contributed by atoms with Gasteiger partial charge >= 0.3 is 12.4 Å². The summed E-state index contributed by atoms with van der Waals surface area (Å²) in [4.78, 5) is 29.9. The number of halogens is 8. The van der Waals surface area contributed by atoms with Gasteiger partial charge in [-0.1, -0.05) is 23.2 Å². The molecule has 0 radical (unpaired) electrons. The Labute approximate surface area is 387 Å². The maximum Gasteiger partial charge on any atom is 0.417 e. The highest BCUT2D eigenvalue weighted by atomic mass is 35.5. The van der Waals surface area contributed by atoms with Gasteiger partial charge in [0.05, 0.1) is 66.7 Å². The molecule has 2 aromatic heterocycles. The van der Waals surface area contributed by atoms with Crippen molar-refractivity contribution in [1.29, 1.82) is 0 Å². The van der Waals surface area contributed by atoms with Gasteiger partial charge in [0.2, 0.25) is 5.78 Å². The van der Waals surface area contributed by atoms with Crippen LogP contribution < -0.4 is 29.1 Å². The van der Waals surface area contributed by atoms with E-state index in [-0.39, 0.29) is 143 Å². The standard InChI is InChI=1S/C43H44Cl2F6N6O7S2/c1-65(59,60)29-17-31(38(63-23-25-3-4-25)35(19-29)54-7-11-56(12-8-54)40-33(44)15-27(21-52-40)42(46,47)48)37(58)32-18-30(66(2,61)62)20-36(39(32)64-24-26-5-6-26)55-9-13-57(14-10-55)41-34(45)16-28(22-53-41)43(49,50)51/h15-22,25-26H,3-14,23-24H2,1-2H3. The lowest BCUT2D eigenvalue weighted by atomic mass is 9.98. The summed E-state index contributed by atoms with van der Waals surface area (Å²) in [6, 6.07) is 6.85. The smallest absolute Gasteiger partial charge is 0.417 e. The Morgan fingerprint density at radius 3 is 1.21 bits per heavy atom. The van der Waals surface area contributed by atoms with E-state index in [0.29, 0.717) is 12.4 Å². The summed E-state index contributed by atoms with van der Waals surface area (Å²) in [5.41, 5.74) is -1.80. The average molecular weight is 1010 g/mol. The summed E-state index contributed by atoms with van der Waals surface area (Å²) in [5, 5.41) is -0.395. The Morgan fingerprint density at radius 2 is 0.924 bits per heavy atom. The predicted octanol–water partition coefficient (Wildman–Crippen LogP) is 8.09. The Bertz CT molecular complexity index is 2570. The van der Waals surface area contributed by atoms with Crippen molar-refractivity contribution in [3.63, 3.8) is 0 Å². The topological polar surface area (TPSA) is 143 Å². The number of nitrogens with zero attached hydrogens (tertiary/aromatic N) is 6. The van der Waals surface area contributed by atoms with Crippen LogP contribution in [-0.2, 0) is 32.0 Å². The van der Waals surface area contributed by atoms with Gasteiger partial charge in [-0.25, -0.2) is 26.8 Å². The third-order valence-electron chi connectivity index (χ3n) is 11.9. The largest absolute Gasteiger partial charge is 0.490 e. The van der Waals surface area contributed by atoms with E-state index < -0.39 is 48.9 Å². The minimum Gasteiger partial charge on any atom is -0.490 e. The van der Waals surface area contributed by atoms with Crippen LogP contribution in [0.4, 0.5) is 49.4 Å². The van der Waals surface area contributed by atoms with Gasteiger partial charge in [0.1, 0.15) is 11.6 Å². The zero-order valence-electron chi connectivity index (χ0n) is 35.6. The number of pyridine rings is 2. The summed E-state index contributed by atoms with van der Waals surface area (Å²) in [6.07, 6.45) is -2.44. The van der Waals surface area contributed by atoms with E-state index in [9.17, 15) is 43.2 Å². The lowest BCUT2D eigenvalue weighted by molar-refractivity contribution is -0.138. The van der Waals surface area contributed by atoms with E-state index in [1.54, 1.807) is 9.80 Å². The van der Waals surface area contributed by atoms with E-state index in [0.717, 1.165) is 50.3 Å². The molecule has 4 heterocycles. The maximum absolute atomic E-state index is 15.4. The van der Waals surface area contributed by atoms with Crippen molar-refractivity contribution < 1.29 is 57.4 Å². The molecule has 0 unspecified atom stereocenters. The first kappa shape index (κ1) is 47.8. The van der Waals surface area contributed by atoms with E-state index in [1.807, 2.05) is 9.80 Å². The van der Waals surface area contributed by atoms with Gasteiger partial charge in [0.15, 0.2) is 31.2 Å².